The molecule has 0 bridgehead atoms. The fraction of sp³-hybridized carbons (Fsp3) is 0.467. The van der Waals surface area contributed by atoms with Gasteiger partial charge in [-0.3, -0.25) is 0 Å². The average Bonchev–Trinajstić information content (AvgIpc) is 2.35. The number of hydrogen-bond acceptors (Lipinski definition) is 3. The number of nitrogens with two attached hydrogens (primary N) is 1. The first-order chi connectivity index (χ1) is 9.35. The van der Waals surface area contributed by atoms with Gasteiger partial charge in [0.25, 0.3) is 0 Å². The highest BCUT2D eigenvalue weighted by Crippen LogP contribution is 2.12. The Balaban J connectivity index is 2.82. The molecule has 0 aliphatic carbocycles. The second-order valence-corrected chi connectivity index (χ2v) is 6.90. The van der Waals surface area contributed by atoms with Crippen LogP contribution in [0.1, 0.15) is 32.8 Å². The second kappa shape index (κ2) is 7.44. The summed E-state index contributed by atoms with van der Waals surface area (Å²) in [5.74, 6) is 6.03. The largest absolute Gasteiger partial charge is 0.320 e. The molecule has 0 saturated heterocycles. The number of hydrogen-bond donors (Lipinski definition) is 2. The molecule has 3 N–H and O–H groups in total. The summed E-state index contributed by atoms with van der Waals surface area (Å²) in [5.41, 5.74) is 6.04. The van der Waals surface area contributed by atoms with Gasteiger partial charge in [-0.1, -0.05) is 25.7 Å². The quantitative estimate of drug-likeness (QED) is 0.812. The van der Waals surface area contributed by atoms with Crippen LogP contribution in [0, 0.1) is 17.8 Å². The Labute approximate surface area is 121 Å². The summed E-state index contributed by atoms with van der Waals surface area (Å²) in [6.07, 6.45) is 0.805. The van der Waals surface area contributed by atoms with Crippen molar-refractivity contribution in [1.82, 2.24) is 4.72 Å². The van der Waals surface area contributed by atoms with Gasteiger partial charge in [-0.2, -0.15) is 0 Å². The molecule has 0 heterocycles. The zero-order valence-corrected chi connectivity index (χ0v) is 13.0. The van der Waals surface area contributed by atoms with Crippen LogP contribution in [0.5, 0.6) is 0 Å². The second-order valence-electron chi connectivity index (χ2n) is 5.18. The van der Waals surface area contributed by atoms with Crippen molar-refractivity contribution in [2.75, 3.05) is 6.54 Å². The van der Waals surface area contributed by atoms with Crippen molar-refractivity contribution < 1.29 is 8.42 Å². The zero-order valence-electron chi connectivity index (χ0n) is 12.2. The van der Waals surface area contributed by atoms with Crippen LogP contribution >= 0.6 is 0 Å². The Morgan fingerprint density at radius 2 is 1.80 bits per heavy atom. The predicted molar refractivity (Wildman–Crippen MR) is 81.6 cm³/mol. The molecule has 0 radical (unpaired) electrons. The summed E-state index contributed by atoms with van der Waals surface area (Å²) in [7, 11) is -3.47. The normalized spacial score (nSPS) is 12.8. The van der Waals surface area contributed by atoms with Gasteiger partial charge in [0.2, 0.25) is 10.0 Å². The molecular weight excluding hydrogens is 272 g/mol. The first-order valence-electron chi connectivity index (χ1n) is 6.66. The molecule has 4 nitrogen and oxygen atoms in total. The lowest BCUT2D eigenvalue weighted by molar-refractivity contribution is 0.482. The van der Waals surface area contributed by atoms with E-state index in [0.29, 0.717) is 5.92 Å². The van der Waals surface area contributed by atoms with Gasteiger partial charge < -0.3 is 5.73 Å². The Bertz CT molecular complexity index is 581. The highest BCUT2D eigenvalue weighted by atomic mass is 32.2. The topological polar surface area (TPSA) is 72.2 Å². The first-order valence-corrected chi connectivity index (χ1v) is 8.15. The highest BCUT2D eigenvalue weighted by Gasteiger charge is 2.17. The van der Waals surface area contributed by atoms with Crippen LogP contribution in [0.2, 0.25) is 0 Å². The van der Waals surface area contributed by atoms with E-state index < -0.39 is 10.0 Å². The van der Waals surface area contributed by atoms with Crippen molar-refractivity contribution >= 4 is 10.0 Å². The third kappa shape index (κ3) is 5.33. The van der Waals surface area contributed by atoms with E-state index in [-0.39, 0.29) is 17.5 Å². The number of benzene rings is 1. The molecule has 1 aromatic rings. The number of rotatable bonds is 5. The van der Waals surface area contributed by atoms with E-state index in [2.05, 4.69) is 30.4 Å². The lowest BCUT2D eigenvalue weighted by atomic mass is 10.1. The van der Waals surface area contributed by atoms with Crippen LogP contribution in [0.25, 0.3) is 0 Å². The van der Waals surface area contributed by atoms with Gasteiger partial charge in [0, 0.05) is 11.6 Å². The third-order valence-corrected chi connectivity index (χ3v) is 4.29. The molecule has 5 heteroatoms. The molecule has 1 rings (SSSR count). The van der Waals surface area contributed by atoms with Crippen LogP contribution in [0.15, 0.2) is 29.2 Å². The summed E-state index contributed by atoms with van der Waals surface area (Å²) in [5, 5.41) is 0. The molecular formula is C15H22N2O2S. The minimum absolute atomic E-state index is 0.0864. The molecule has 0 fully saturated rings. The molecule has 1 aromatic carbocycles. The first kappa shape index (κ1) is 16.7. The fourth-order valence-corrected chi connectivity index (χ4v) is 3.22. The summed E-state index contributed by atoms with van der Waals surface area (Å²) >= 11 is 0. The minimum Gasteiger partial charge on any atom is -0.320 e. The highest BCUT2D eigenvalue weighted by molar-refractivity contribution is 7.89. The van der Waals surface area contributed by atoms with Gasteiger partial charge >= 0.3 is 0 Å². The molecule has 0 spiro atoms. The van der Waals surface area contributed by atoms with Crippen molar-refractivity contribution in [3.05, 3.63) is 29.8 Å². The maximum Gasteiger partial charge on any atom is 0.240 e. The third-order valence-electron chi connectivity index (χ3n) is 2.68. The van der Waals surface area contributed by atoms with Gasteiger partial charge in [0.15, 0.2) is 0 Å². The van der Waals surface area contributed by atoms with E-state index >= 15 is 0 Å². The molecule has 20 heavy (non-hydrogen) atoms. The molecule has 0 amide bonds. The van der Waals surface area contributed by atoms with Gasteiger partial charge in [0.1, 0.15) is 0 Å². The average molecular weight is 294 g/mol. The van der Waals surface area contributed by atoms with Crippen LogP contribution in [0.4, 0.5) is 0 Å². The van der Waals surface area contributed by atoms with Crippen molar-refractivity contribution in [2.24, 2.45) is 11.7 Å². The molecule has 1 atom stereocenters. The van der Waals surface area contributed by atoms with E-state index in [9.17, 15) is 8.42 Å². The zero-order chi connectivity index (χ0) is 15.2. The van der Waals surface area contributed by atoms with Crippen molar-refractivity contribution in [3.63, 3.8) is 0 Å². The SMILES string of the molecule is CC(C)CC(C)NS(=O)(=O)c1ccc(C#CCN)cc1. The maximum absolute atomic E-state index is 12.2. The van der Waals surface area contributed by atoms with Crippen LogP contribution in [0.3, 0.4) is 0 Å². The predicted octanol–water partition coefficient (Wildman–Crippen LogP) is 1.71. The molecule has 0 aromatic heterocycles. The molecule has 0 aliphatic heterocycles. The summed E-state index contributed by atoms with van der Waals surface area (Å²) in [4.78, 5) is 0.256. The van der Waals surface area contributed by atoms with Crippen LogP contribution < -0.4 is 10.5 Å². The number of nitrogens with one attached hydrogen (secondary N) is 1. The Morgan fingerprint density at radius 3 is 2.30 bits per heavy atom. The summed E-state index contributed by atoms with van der Waals surface area (Å²) in [6.45, 7) is 6.29. The monoisotopic (exact) mass is 294 g/mol. The molecule has 1 unspecified atom stereocenters. The summed E-state index contributed by atoms with van der Waals surface area (Å²) < 4.78 is 27.0. The Kier molecular flexibility index (Phi) is 6.21. The van der Waals surface area contributed by atoms with E-state index in [1.54, 1.807) is 24.3 Å². The maximum atomic E-state index is 12.2. The van der Waals surface area contributed by atoms with Gasteiger partial charge in [0.05, 0.1) is 11.4 Å². The van der Waals surface area contributed by atoms with E-state index in [0.717, 1.165) is 12.0 Å². The van der Waals surface area contributed by atoms with Crippen LogP contribution in [-0.2, 0) is 10.0 Å². The smallest absolute Gasteiger partial charge is 0.240 e. The number of sulfonamides is 1. The van der Waals surface area contributed by atoms with Gasteiger partial charge in [-0.15, -0.1) is 0 Å². The van der Waals surface area contributed by atoms with E-state index in [1.807, 2.05) is 6.92 Å². The summed E-state index contributed by atoms with van der Waals surface area (Å²) in [6, 6.07) is 6.40. The van der Waals surface area contributed by atoms with Crippen molar-refractivity contribution in [2.45, 2.75) is 38.1 Å². The molecule has 110 valence electrons. The van der Waals surface area contributed by atoms with Gasteiger partial charge in [-0.25, -0.2) is 13.1 Å². The Hall–Kier alpha value is -1.35. The van der Waals surface area contributed by atoms with E-state index in [4.69, 9.17) is 5.73 Å². The van der Waals surface area contributed by atoms with Gasteiger partial charge in [-0.05, 0) is 43.5 Å². The van der Waals surface area contributed by atoms with E-state index in [1.165, 1.54) is 0 Å². The standard InChI is InChI=1S/C15H22N2O2S/c1-12(2)11-13(3)17-20(18,19)15-8-6-14(7-9-15)5-4-10-16/h6-9,12-13,17H,10-11,16H2,1-3H3. The van der Waals surface area contributed by atoms with Crippen LogP contribution in [-0.4, -0.2) is 21.0 Å². The van der Waals surface area contributed by atoms with Crippen molar-refractivity contribution in [3.8, 4) is 11.8 Å². The fourth-order valence-electron chi connectivity index (χ4n) is 1.96. The minimum atomic E-state index is -3.47. The van der Waals surface area contributed by atoms with Crippen molar-refractivity contribution in [1.29, 1.82) is 0 Å². The molecule has 0 saturated carbocycles. The molecule has 0 aliphatic rings. The lowest BCUT2D eigenvalue weighted by Crippen LogP contribution is -2.33. The Morgan fingerprint density at radius 1 is 1.20 bits per heavy atom. The lowest BCUT2D eigenvalue weighted by Gasteiger charge is -2.16.